The zero-order chi connectivity index (χ0) is 17.4. The van der Waals surface area contributed by atoms with Crippen LogP contribution in [0.4, 0.5) is 0 Å². The molecular weight excluding hydrogens is 314 g/mol. The second-order valence-corrected chi connectivity index (χ2v) is 6.22. The molecule has 0 fully saturated rings. The van der Waals surface area contributed by atoms with E-state index in [1.807, 2.05) is 26.0 Å². The third-order valence-corrected chi connectivity index (χ3v) is 4.28. The lowest BCUT2D eigenvalue weighted by atomic mass is 10.0. The van der Waals surface area contributed by atoms with Crippen LogP contribution in [-0.4, -0.2) is 30.4 Å². The van der Waals surface area contributed by atoms with Crippen molar-refractivity contribution in [2.24, 2.45) is 11.8 Å². The predicted octanol–water partition coefficient (Wildman–Crippen LogP) is 3.91. The van der Waals surface area contributed by atoms with E-state index >= 15 is 0 Å². The van der Waals surface area contributed by atoms with Gasteiger partial charge in [-0.25, -0.2) is 0 Å². The standard InChI is InChI=1S/C18H26ClNO3/c1-5-15(6-2)17(21)20(11-13(3)18(22)23-4)12-14-7-9-16(19)10-8-14/h7-10,13,15H,5-6,11-12H2,1-4H3. The summed E-state index contributed by atoms with van der Waals surface area (Å²) in [5.74, 6) is -0.595. The normalized spacial score (nSPS) is 12.1. The van der Waals surface area contributed by atoms with Crippen molar-refractivity contribution in [1.29, 1.82) is 0 Å². The van der Waals surface area contributed by atoms with E-state index in [9.17, 15) is 9.59 Å². The summed E-state index contributed by atoms with van der Waals surface area (Å²) in [5.41, 5.74) is 0.991. The first kappa shape index (κ1) is 19.5. The van der Waals surface area contributed by atoms with Gasteiger partial charge in [0.1, 0.15) is 0 Å². The molecule has 0 aliphatic heterocycles. The molecule has 1 rings (SSSR count). The maximum Gasteiger partial charge on any atom is 0.310 e. The van der Waals surface area contributed by atoms with Crippen molar-refractivity contribution in [2.45, 2.75) is 40.2 Å². The number of carbonyl (C=O) groups is 2. The van der Waals surface area contributed by atoms with Crippen LogP contribution in [0, 0.1) is 11.8 Å². The van der Waals surface area contributed by atoms with E-state index < -0.39 is 0 Å². The molecule has 1 aromatic carbocycles. The molecule has 0 saturated carbocycles. The summed E-state index contributed by atoms with van der Waals surface area (Å²) < 4.78 is 4.78. The van der Waals surface area contributed by atoms with Gasteiger partial charge in [0.25, 0.3) is 0 Å². The van der Waals surface area contributed by atoms with Gasteiger partial charge in [0, 0.05) is 24.0 Å². The zero-order valence-electron chi connectivity index (χ0n) is 14.3. The van der Waals surface area contributed by atoms with Crippen LogP contribution in [0.1, 0.15) is 39.2 Å². The quantitative estimate of drug-likeness (QED) is 0.674. The van der Waals surface area contributed by atoms with Crippen molar-refractivity contribution < 1.29 is 14.3 Å². The van der Waals surface area contributed by atoms with Crippen LogP contribution in [-0.2, 0) is 20.9 Å². The fourth-order valence-corrected chi connectivity index (χ4v) is 2.67. The van der Waals surface area contributed by atoms with Crippen LogP contribution >= 0.6 is 11.6 Å². The minimum absolute atomic E-state index is 0.0212. The Bertz CT molecular complexity index is 512. The topological polar surface area (TPSA) is 46.6 Å². The Morgan fingerprint density at radius 2 is 1.74 bits per heavy atom. The smallest absolute Gasteiger partial charge is 0.310 e. The first-order valence-corrected chi connectivity index (χ1v) is 8.41. The third kappa shape index (κ3) is 5.87. The number of esters is 1. The van der Waals surface area contributed by atoms with Crippen molar-refractivity contribution in [3.8, 4) is 0 Å². The van der Waals surface area contributed by atoms with Crippen molar-refractivity contribution in [3.63, 3.8) is 0 Å². The molecule has 0 N–H and O–H groups in total. The lowest BCUT2D eigenvalue weighted by Gasteiger charge is -2.28. The molecule has 1 aromatic rings. The molecule has 0 heterocycles. The number of nitrogens with zero attached hydrogens (tertiary/aromatic N) is 1. The molecule has 4 nitrogen and oxygen atoms in total. The van der Waals surface area contributed by atoms with Gasteiger partial charge in [-0.3, -0.25) is 9.59 Å². The number of carbonyl (C=O) groups excluding carboxylic acids is 2. The summed E-state index contributed by atoms with van der Waals surface area (Å²) in [6, 6.07) is 7.41. The Kier molecular flexibility index (Phi) is 8.10. The number of methoxy groups -OCH3 is 1. The lowest BCUT2D eigenvalue weighted by molar-refractivity contribution is -0.147. The summed E-state index contributed by atoms with van der Waals surface area (Å²) in [5, 5.41) is 0.662. The Labute approximate surface area is 143 Å². The number of halogens is 1. The monoisotopic (exact) mass is 339 g/mol. The number of amides is 1. The average molecular weight is 340 g/mol. The van der Waals surface area contributed by atoms with Crippen molar-refractivity contribution in [1.82, 2.24) is 4.90 Å². The molecule has 0 spiro atoms. The highest BCUT2D eigenvalue weighted by atomic mass is 35.5. The van der Waals surface area contributed by atoms with Crippen LogP contribution < -0.4 is 0 Å². The summed E-state index contributed by atoms with van der Waals surface area (Å²) in [4.78, 5) is 26.2. The fourth-order valence-electron chi connectivity index (χ4n) is 2.55. The molecule has 0 aliphatic carbocycles. The second-order valence-electron chi connectivity index (χ2n) is 5.78. The summed E-state index contributed by atoms with van der Waals surface area (Å²) >= 11 is 5.91. The molecule has 1 amide bonds. The third-order valence-electron chi connectivity index (χ3n) is 4.03. The Balaban J connectivity index is 2.92. The van der Waals surface area contributed by atoms with E-state index in [1.54, 1.807) is 24.0 Å². The summed E-state index contributed by atoms with van der Waals surface area (Å²) in [6.07, 6.45) is 1.58. The van der Waals surface area contributed by atoms with E-state index in [-0.39, 0.29) is 23.7 Å². The lowest BCUT2D eigenvalue weighted by Crippen LogP contribution is -2.40. The Morgan fingerprint density at radius 1 is 1.17 bits per heavy atom. The van der Waals surface area contributed by atoms with Crippen LogP contribution in [0.3, 0.4) is 0 Å². The Hall–Kier alpha value is -1.55. The van der Waals surface area contributed by atoms with Gasteiger partial charge in [-0.1, -0.05) is 44.5 Å². The molecule has 0 aromatic heterocycles. The molecule has 0 aliphatic rings. The molecule has 5 heteroatoms. The molecule has 0 saturated heterocycles. The van der Waals surface area contributed by atoms with Crippen LogP contribution in [0.25, 0.3) is 0 Å². The van der Waals surface area contributed by atoms with Crippen LogP contribution in [0.15, 0.2) is 24.3 Å². The highest BCUT2D eigenvalue weighted by Crippen LogP contribution is 2.18. The molecule has 0 radical (unpaired) electrons. The minimum Gasteiger partial charge on any atom is -0.469 e. The van der Waals surface area contributed by atoms with Gasteiger partial charge in [0.15, 0.2) is 0 Å². The molecule has 128 valence electrons. The van der Waals surface area contributed by atoms with Gasteiger partial charge in [0.05, 0.1) is 13.0 Å². The zero-order valence-corrected chi connectivity index (χ0v) is 15.1. The molecule has 1 atom stereocenters. The maximum atomic E-state index is 12.8. The van der Waals surface area contributed by atoms with Crippen LogP contribution in [0.2, 0.25) is 5.02 Å². The van der Waals surface area contributed by atoms with Crippen molar-refractivity contribution in [2.75, 3.05) is 13.7 Å². The predicted molar refractivity (Wildman–Crippen MR) is 92.1 cm³/mol. The number of hydrogen-bond acceptors (Lipinski definition) is 3. The van der Waals surface area contributed by atoms with Gasteiger partial charge in [-0.05, 0) is 30.5 Å². The van der Waals surface area contributed by atoms with Gasteiger partial charge in [0.2, 0.25) is 5.91 Å². The molecule has 0 bridgehead atoms. The van der Waals surface area contributed by atoms with E-state index in [0.717, 1.165) is 18.4 Å². The number of benzene rings is 1. The van der Waals surface area contributed by atoms with Gasteiger partial charge >= 0.3 is 5.97 Å². The van der Waals surface area contributed by atoms with Gasteiger partial charge in [-0.15, -0.1) is 0 Å². The first-order valence-electron chi connectivity index (χ1n) is 8.03. The fraction of sp³-hybridized carbons (Fsp3) is 0.556. The average Bonchev–Trinajstić information content (AvgIpc) is 2.56. The van der Waals surface area contributed by atoms with E-state index in [4.69, 9.17) is 16.3 Å². The summed E-state index contributed by atoms with van der Waals surface area (Å²) in [6.45, 7) is 6.62. The van der Waals surface area contributed by atoms with Gasteiger partial charge < -0.3 is 9.64 Å². The largest absolute Gasteiger partial charge is 0.469 e. The van der Waals surface area contributed by atoms with Crippen molar-refractivity contribution >= 4 is 23.5 Å². The SMILES string of the molecule is CCC(CC)C(=O)N(Cc1ccc(Cl)cc1)CC(C)C(=O)OC. The highest BCUT2D eigenvalue weighted by Gasteiger charge is 2.25. The van der Waals surface area contributed by atoms with E-state index in [2.05, 4.69) is 0 Å². The minimum atomic E-state index is -0.356. The number of ether oxygens (including phenoxy) is 1. The molecule has 23 heavy (non-hydrogen) atoms. The molecule has 1 unspecified atom stereocenters. The number of rotatable bonds is 8. The van der Waals surface area contributed by atoms with E-state index in [1.165, 1.54) is 7.11 Å². The van der Waals surface area contributed by atoms with Gasteiger partial charge in [-0.2, -0.15) is 0 Å². The van der Waals surface area contributed by atoms with Crippen LogP contribution in [0.5, 0.6) is 0 Å². The maximum absolute atomic E-state index is 12.8. The van der Waals surface area contributed by atoms with Crippen molar-refractivity contribution in [3.05, 3.63) is 34.9 Å². The number of hydrogen-bond donors (Lipinski definition) is 0. The second kappa shape index (κ2) is 9.56. The highest BCUT2D eigenvalue weighted by molar-refractivity contribution is 6.30. The van der Waals surface area contributed by atoms with E-state index in [0.29, 0.717) is 18.1 Å². The molecular formula is C18H26ClNO3. The summed E-state index contributed by atoms with van der Waals surface area (Å²) in [7, 11) is 1.37. The Morgan fingerprint density at radius 3 is 2.22 bits per heavy atom. The first-order chi connectivity index (χ1) is 10.9.